The van der Waals surface area contributed by atoms with Gasteiger partial charge in [0.2, 0.25) is 0 Å². The first-order chi connectivity index (χ1) is 11.1. The van der Waals surface area contributed by atoms with Crippen LogP contribution in [0.4, 0.5) is 4.79 Å². The van der Waals surface area contributed by atoms with E-state index in [1.54, 1.807) is 10.9 Å². The molecule has 1 amide bonds. The molecule has 0 saturated carbocycles. The van der Waals surface area contributed by atoms with Crippen molar-refractivity contribution in [3.05, 3.63) is 47.8 Å². The molecule has 0 aliphatic heterocycles. The van der Waals surface area contributed by atoms with E-state index in [1.807, 2.05) is 37.3 Å². The fourth-order valence-corrected chi connectivity index (χ4v) is 1.94. The SMILES string of the molecule is CCn1cc([C@H](CC(=O)O)NC(=O)OCc2ccccc2)nn1. The van der Waals surface area contributed by atoms with Gasteiger partial charge in [0, 0.05) is 6.54 Å². The number of carbonyl (C=O) groups is 2. The fraction of sp³-hybridized carbons (Fsp3) is 0.333. The predicted octanol–water partition coefficient (Wildman–Crippen LogP) is 1.74. The molecule has 0 spiro atoms. The number of hydrogen-bond acceptors (Lipinski definition) is 5. The number of carboxylic acid groups (broad SMARTS) is 1. The molecule has 1 aromatic heterocycles. The van der Waals surface area contributed by atoms with E-state index in [4.69, 9.17) is 9.84 Å². The second kappa shape index (κ2) is 7.92. The van der Waals surface area contributed by atoms with Gasteiger partial charge >= 0.3 is 12.1 Å². The van der Waals surface area contributed by atoms with Gasteiger partial charge in [-0.05, 0) is 12.5 Å². The molecule has 1 heterocycles. The summed E-state index contributed by atoms with van der Waals surface area (Å²) in [5, 5.41) is 19.2. The van der Waals surface area contributed by atoms with Crippen LogP contribution in [0.5, 0.6) is 0 Å². The Balaban J connectivity index is 1.96. The second-order valence-electron chi connectivity index (χ2n) is 4.86. The van der Waals surface area contributed by atoms with Gasteiger partial charge in [-0.3, -0.25) is 9.48 Å². The average Bonchev–Trinajstić information content (AvgIpc) is 3.02. The molecule has 2 rings (SSSR count). The van der Waals surface area contributed by atoms with Crippen molar-refractivity contribution in [2.75, 3.05) is 0 Å². The van der Waals surface area contributed by atoms with Gasteiger partial charge in [0.25, 0.3) is 0 Å². The Morgan fingerprint density at radius 3 is 2.70 bits per heavy atom. The van der Waals surface area contributed by atoms with Crippen LogP contribution < -0.4 is 5.32 Å². The van der Waals surface area contributed by atoms with Crippen molar-refractivity contribution in [3.8, 4) is 0 Å². The maximum absolute atomic E-state index is 11.9. The van der Waals surface area contributed by atoms with Crippen molar-refractivity contribution in [1.82, 2.24) is 20.3 Å². The summed E-state index contributed by atoms with van der Waals surface area (Å²) in [5.41, 5.74) is 1.22. The number of aliphatic carboxylic acids is 1. The highest BCUT2D eigenvalue weighted by Gasteiger charge is 2.21. The van der Waals surface area contributed by atoms with Crippen molar-refractivity contribution < 1.29 is 19.4 Å². The lowest BCUT2D eigenvalue weighted by Crippen LogP contribution is -2.31. The number of aryl methyl sites for hydroxylation is 1. The summed E-state index contributed by atoms with van der Waals surface area (Å²) in [5.74, 6) is -1.05. The number of nitrogens with one attached hydrogen (secondary N) is 1. The van der Waals surface area contributed by atoms with Gasteiger partial charge in [-0.25, -0.2) is 4.79 Å². The lowest BCUT2D eigenvalue weighted by molar-refractivity contribution is -0.137. The van der Waals surface area contributed by atoms with E-state index in [-0.39, 0.29) is 13.0 Å². The Hall–Kier alpha value is -2.90. The number of carboxylic acids is 1. The van der Waals surface area contributed by atoms with Gasteiger partial charge in [-0.15, -0.1) is 5.10 Å². The van der Waals surface area contributed by atoms with E-state index in [0.717, 1.165) is 5.56 Å². The highest BCUT2D eigenvalue weighted by atomic mass is 16.5. The summed E-state index contributed by atoms with van der Waals surface area (Å²) in [4.78, 5) is 22.8. The molecule has 122 valence electrons. The number of carbonyl (C=O) groups excluding carboxylic acids is 1. The first-order valence-corrected chi connectivity index (χ1v) is 7.17. The monoisotopic (exact) mass is 318 g/mol. The normalized spacial score (nSPS) is 11.7. The summed E-state index contributed by atoms with van der Waals surface area (Å²) in [6.07, 6.45) is 0.597. The molecule has 0 radical (unpaired) electrons. The maximum Gasteiger partial charge on any atom is 0.408 e. The molecule has 8 heteroatoms. The molecule has 1 aromatic carbocycles. The van der Waals surface area contributed by atoms with Crippen molar-refractivity contribution in [1.29, 1.82) is 0 Å². The molecule has 0 bridgehead atoms. The van der Waals surface area contributed by atoms with Crippen molar-refractivity contribution in [3.63, 3.8) is 0 Å². The standard InChI is InChI=1S/C15H18N4O4/c1-2-19-9-13(17-18-19)12(8-14(20)21)16-15(22)23-10-11-6-4-3-5-7-11/h3-7,9,12H,2,8,10H2,1H3,(H,16,22)(H,20,21)/t12-/m0/s1. The number of benzene rings is 1. The molecule has 2 N–H and O–H groups in total. The first kappa shape index (κ1) is 16.5. The summed E-state index contributed by atoms with van der Waals surface area (Å²) >= 11 is 0. The zero-order chi connectivity index (χ0) is 16.7. The minimum Gasteiger partial charge on any atom is -0.481 e. The Morgan fingerprint density at radius 2 is 2.09 bits per heavy atom. The number of alkyl carbamates (subject to hydrolysis) is 1. The number of nitrogens with zero attached hydrogens (tertiary/aromatic N) is 3. The topological polar surface area (TPSA) is 106 Å². The van der Waals surface area contributed by atoms with Crippen LogP contribution in [0.25, 0.3) is 0 Å². The van der Waals surface area contributed by atoms with Gasteiger partial charge < -0.3 is 15.2 Å². The van der Waals surface area contributed by atoms with E-state index in [2.05, 4.69) is 15.6 Å². The van der Waals surface area contributed by atoms with E-state index >= 15 is 0 Å². The molecule has 0 unspecified atom stereocenters. The predicted molar refractivity (Wildman–Crippen MR) is 80.5 cm³/mol. The van der Waals surface area contributed by atoms with E-state index < -0.39 is 18.1 Å². The van der Waals surface area contributed by atoms with Crippen LogP contribution in [-0.4, -0.2) is 32.2 Å². The van der Waals surface area contributed by atoms with Crippen LogP contribution in [-0.2, 0) is 22.7 Å². The third kappa shape index (κ3) is 5.10. The van der Waals surface area contributed by atoms with E-state index in [9.17, 15) is 9.59 Å². The summed E-state index contributed by atoms with van der Waals surface area (Å²) in [6, 6.07) is 8.41. The van der Waals surface area contributed by atoms with Gasteiger partial charge in [-0.1, -0.05) is 35.5 Å². The Kier molecular flexibility index (Phi) is 5.67. The number of hydrogen-bond donors (Lipinski definition) is 2. The van der Waals surface area contributed by atoms with Crippen LogP contribution in [0.15, 0.2) is 36.5 Å². The van der Waals surface area contributed by atoms with Gasteiger partial charge in [-0.2, -0.15) is 0 Å². The van der Waals surface area contributed by atoms with Gasteiger partial charge in [0.15, 0.2) is 0 Å². The highest BCUT2D eigenvalue weighted by molar-refractivity contribution is 5.71. The highest BCUT2D eigenvalue weighted by Crippen LogP contribution is 2.14. The second-order valence-corrected chi connectivity index (χ2v) is 4.86. The third-order valence-corrected chi connectivity index (χ3v) is 3.12. The van der Waals surface area contributed by atoms with E-state index in [1.165, 1.54) is 0 Å². The number of rotatable bonds is 7. The molecular weight excluding hydrogens is 300 g/mol. The molecule has 0 aliphatic rings. The fourth-order valence-electron chi connectivity index (χ4n) is 1.94. The molecule has 23 heavy (non-hydrogen) atoms. The Labute approximate surface area is 133 Å². The smallest absolute Gasteiger partial charge is 0.408 e. The molecule has 8 nitrogen and oxygen atoms in total. The molecule has 1 atom stereocenters. The number of ether oxygens (including phenoxy) is 1. The summed E-state index contributed by atoms with van der Waals surface area (Å²) in [6.45, 7) is 2.59. The van der Waals surface area contributed by atoms with Crippen LogP contribution in [0.2, 0.25) is 0 Å². The molecule has 2 aromatic rings. The minimum atomic E-state index is -1.05. The Morgan fingerprint density at radius 1 is 1.35 bits per heavy atom. The van der Waals surface area contributed by atoms with Gasteiger partial charge in [0.05, 0.1) is 18.7 Å². The molecular formula is C15H18N4O4. The maximum atomic E-state index is 11.9. The van der Waals surface area contributed by atoms with Gasteiger partial charge in [0.1, 0.15) is 12.3 Å². The molecule has 0 fully saturated rings. The lowest BCUT2D eigenvalue weighted by Gasteiger charge is -2.14. The zero-order valence-corrected chi connectivity index (χ0v) is 12.7. The molecule has 0 saturated heterocycles. The largest absolute Gasteiger partial charge is 0.481 e. The van der Waals surface area contributed by atoms with Crippen LogP contribution in [0.3, 0.4) is 0 Å². The lowest BCUT2D eigenvalue weighted by atomic mass is 10.1. The summed E-state index contributed by atoms with van der Waals surface area (Å²) < 4.78 is 6.65. The van der Waals surface area contributed by atoms with Crippen molar-refractivity contribution in [2.24, 2.45) is 0 Å². The Bertz CT molecular complexity index is 657. The van der Waals surface area contributed by atoms with Crippen LogP contribution in [0, 0.1) is 0 Å². The van der Waals surface area contributed by atoms with Crippen LogP contribution in [0.1, 0.15) is 30.6 Å². The van der Waals surface area contributed by atoms with Crippen molar-refractivity contribution >= 4 is 12.1 Å². The average molecular weight is 318 g/mol. The minimum absolute atomic E-state index is 0.105. The van der Waals surface area contributed by atoms with E-state index in [0.29, 0.717) is 12.2 Å². The first-order valence-electron chi connectivity index (χ1n) is 7.17. The number of aromatic nitrogens is 3. The molecule has 0 aliphatic carbocycles. The number of amides is 1. The quantitative estimate of drug-likeness (QED) is 0.805. The zero-order valence-electron chi connectivity index (χ0n) is 12.7. The van der Waals surface area contributed by atoms with Crippen LogP contribution >= 0.6 is 0 Å². The third-order valence-electron chi connectivity index (χ3n) is 3.12. The summed E-state index contributed by atoms with van der Waals surface area (Å²) in [7, 11) is 0. The van der Waals surface area contributed by atoms with Crippen molar-refractivity contribution in [2.45, 2.75) is 32.5 Å².